The third-order valence-electron chi connectivity index (χ3n) is 5.19. The summed E-state index contributed by atoms with van der Waals surface area (Å²) in [4.78, 5) is 2.46. The predicted octanol–water partition coefficient (Wildman–Crippen LogP) is 3.66. The average Bonchev–Trinajstić information content (AvgIpc) is 2.49. The van der Waals surface area contributed by atoms with E-state index in [2.05, 4.69) is 45.7 Å². The molecule has 25 heavy (non-hydrogen) atoms. The molecule has 0 radical (unpaired) electrons. The van der Waals surface area contributed by atoms with Gasteiger partial charge < -0.3 is 18.0 Å². The Labute approximate surface area is 155 Å². The summed E-state index contributed by atoms with van der Waals surface area (Å²) in [5.41, 5.74) is 0.266. The fourth-order valence-electron chi connectivity index (χ4n) is 3.76. The number of hydrogen-bond donors (Lipinski definition) is 0. The SMILES string of the molecule is C#CO[Si](CCCOC1CC(C)(C)N(C)C(C)(C)C1)(OCC)OCC. The van der Waals surface area contributed by atoms with E-state index in [1.807, 2.05) is 13.8 Å². The summed E-state index contributed by atoms with van der Waals surface area (Å²) >= 11 is 0. The van der Waals surface area contributed by atoms with Gasteiger partial charge in [-0.3, -0.25) is 4.90 Å². The summed E-state index contributed by atoms with van der Waals surface area (Å²) in [7, 11) is -0.568. The number of piperidine rings is 1. The quantitative estimate of drug-likeness (QED) is 0.333. The Bertz CT molecular complexity index is 423. The third-order valence-corrected chi connectivity index (χ3v) is 8.05. The zero-order valence-corrected chi connectivity index (χ0v) is 18.2. The van der Waals surface area contributed by atoms with Crippen LogP contribution >= 0.6 is 0 Å². The van der Waals surface area contributed by atoms with E-state index in [-0.39, 0.29) is 17.2 Å². The van der Waals surface area contributed by atoms with Gasteiger partial charge in [0.25, 0.3) is 0 Å². The molecule has 0 unspecified atom stereocenters. The minimum atomic E-state index is -2.77. The highest BCUT2D eigenvalue weighted by molar-refractivity contribution is 6.61. The van der Waals surface area contributed by atoms with E-state index in [0.29, 0.717) is 25.9 Å². The molecule has 0 aromatic carbocycles. The lowest BCUT2D eigenvalue weighted by Crippen LogP contribution is -2.60. The van der Waals surface area contributed by atoms with E-state index in [1.165, 1.54) is 0 Å². The maximum absolute atomic E-state index is 6.21. The minimum Gasteiger partial charge on any atom is -0.451 e. The van der Waals surface area contributed by atoms with Gasteiger partial charge in [-0.2, -0.15) is 0 Å². The van der Waals surface area contributed by atoms with Gasteiger partial charge >= 0.3 is 8.80 Å². The van der Waals surface area contributed by atoms with Crippen LogP contribution in [0.5, 0.6) is 0 Å². The lowest BCUT2D eigenvalue weighted by atomic mass is 9.79. The maximum Gasteiger partial charge on any atom is 0.574 e. The molecule has 0 aromatic heterocycles. The molecular weight excluding hydrogens is 334 g/mol. The summed E-state index contributed by atoms with van der Waals surface area (Å²) in [5.74, 6) is 0. The summed E-state index contributed by atoms with van der Waals surface area (Å²) in [6.45, 7) is 14.7. The van der Waals surface area contributed by atoms with E-state index >= 15 is 0 Å². The zero-order valence-electron chi connectivity index (χ0n) is 17.2. The highest BCUT2D eigenvalue weighted by Gasteiger charge is 2.44. The van der Waals surface area contributed by atoms with Crippen molar-refractivity contribution in [2.75, 3.05) is 26.9 Å². The van der Waals surface area contributed by atoms with Gasteiger partial charge in [-0.05, 0) is 67.9 Å². The van der Waals surface area contributed by atoms with Gasteiger partial charge in [0, 0.05) is 36.9 Å². The van der Waals surface area contributed by atoms with Crippen molar-refractivity contribution in [3.63, 3.8) is 0 Å². The highest BCUT2D eigenvalue weighted by atomic mass is 28.4. The first-order valence-electron chi connectivity index (χ1n) is 9.39. The number of ether oxygens (including phenoxy) is 1. The summed E-state index contributed by atoms with van der Waals surface area (Å²) < 4.78 is 23.2. The van der Waals surface area contributed by atoms with Gasteiger partial charge in [0.1, 0.15) is 0 Å². The first kappa shape index (κ1) is 22.5. The van der Waals surface area contributed by atoms with Crippen LogP contribution in [-0.2, 0) is 18.0 Å². The second kappa shape index (κ2) is 9.38. The molecule has 6 heteroatoms. The predicted molar refractivity (Wildman–Crippen MR) is 103 cm³/mol. The molecule has 1 aliphatic heterocycles. The molecule has 0 bridgehead atoms. The van der Waals surface area contributed by atoms with Gasteiger partial charge in [-0.1, -0.05) is 6.42 Å². The highest BCUT2D eigenvalue weighted by Crippen LogP contribution is 2.38. The largest absolute Gasteiger partial charge is 0.574 e. The van der Waals surface area contributed by atoms with E-state index in [4.69, 9.17) is 24.4 Å². The number of hydrogen-bond acceptors (Lipinski definition) is 5. The molecule has 1 heterocycles. The summed E-state index contributed by atoms with van der Waals surface area (Å²) in [6, 6.07) is 0.679. The Hall–Kier alpha value is -0.583. The Kier molecular flexibility index (Phi) is 8.43. The van der Waals surface area contributed by atoms with Crippen molar-refractivity contribution in [3.8, 4) is 12.5 Å². The van der Waals surface area contributed by atoms with Gasteiger partial charge in [-0.15, -0.1) is 0 Å². The van der Waals surface area contributed by atoms with Crippen molar-refractivity contribution in [3.05, 3.63) is 0 Å². The molecule has 0 aromatic rings. The molecule has 0 N–H and O–H groups in total. The zero-order chi connectivity index (χ0) is 19.1. The molecule has 0 saturated carbocycles. The molecule has 0 aliphatic carbocycles. The molecular formula is C19H37NO4Si. The number of nitrogens with zero attached hydrogens (tertiary/aromatic N) is 1. The van der Waals surface area contributed by atoms with Crippen LogP contribution in [-0.4, -0.2) is 57.8 Å². The topological polar surface area (TPSA) is 40.2 Å². The van der Waals surface area contributed by atoms with Crippen LogP contribution in [0.4, 0.5) is 0 Å². The van der Waals surface area contributed by atoms with Crippen LogP contribution in [0.3, 0.4) is 0 Å². The van der Waals surface area contributed by atoms with E-state index in [1.54, 1.807) is 0 Å². The smallest absolute Gasteiger partial charge is 0.451 e. The Morgan fingerprint density at radius 2 is 1.60 bits per heavy atom. The molecule has 0 atom stereocenters. The molecule has 1 saturated heterocycles. The van der Waals surface area contributed by atoms with Gasteiger partial charge in [0.15, 0.2) is 0 Å². The first-order valence-corrected chi connectivity index (χ1v) is 11.3. The third kappa shape index (κ3) is 6.26. The van der Waals surface area contributed by atoms with Crippen molar-refractivity contribution in [2.24, 2.45) is 0 Å². The van der Waals surface area contributed by atoms with Crippen LogP contribution < -0.4 is 0 Å². The fraction of sp³-hybridized carbons (Fsp3) is 0.895. The molecule has 146 valence electrons. The molecule has 0 amide bonds. The van der Waals surface area contributed by atoms with Crippen molar-refractivity contribution < 1.29 is 18.0 Å². The number of likely N-dealkylation sites (tertiary alicyclic amines) is 1. The lowest BCUT2D eigenvalue weighted by molar-refractivity contribution is -0.0915. The number of rotatable bonds is 10. The summed E-state index contributed by atoms with van der Waals surface area (Å²) in [6.07, 6.45) is 10.8. The van der Waals surface area contributed by atoms with Crippen LogP contribution in [0.15, 0.2) is 0 Å². The van der Waals surface area contributed by atoms with Crippen molar-refractivity contribution in [2.45, 2.75) is 84.0 Å². The standard InChI is InChI=1S/C19H37NO4Si/c1-9-22-25(23-10-2,24-11-3)14-12-13-21-17-15-18(4,5)20(8)19(6,7)16-17/h1,17H,10-16H2,2-8H3. The minimum absolute atomic E-state index is 0.133. The normalized spacial score (nSPS) is 21.0. The lowest BCUT2D eigenvalue weighted by Gasteiger charge is -2.53. The van der Waals surface area contributed by atoms with Gasteiger partial charge in [0.2, 0.25) is 0 Å². The maximum atomic E-state index is 6.21. The Morgan fingerprint density at radius 3 is 2.04 bits per heavy atom. The van der Waals surface area contributed by atoms with Crippen LogP contribution in [0.25, 0.3) is 0 Å². The Balaban J connectivity index is 2.54. The van der Waals surface area contributed by atoms with Crippen LogP contribution in [0.1, 0.15) is 60.8 Å². The second-order valence-corrected chi connectivity index (χ2v) is 10.6. The fourth-order valence-corrected chi connectivity index (χ4v) is 5.99. The van der Waals surface area contributed by atoms with Gasteiger partial charge in [-0.25, -0.2) is 0 Å². The molecule has 1 fully saturated rings. The second-order valence-electron chi connectivity index (χ2n) is 7.96. The monoisotopic (exact) mass is 371 g/mol. The first-order chi connectivity index (χ1) is 11.6. The van der Waals surface area contributed by atoms with E-state index in [9.17, 15) is 0 Å². The van der Waals surface area contributed by atoms with Gasteiger partial charge in [0.05, 0.1) is 12.2 Å². The van der Waals surface area contributed by atoms with E-state index in [0.717, 1.165) is 19.3 Å². The molecule has 0 spiro atoms. The van der Waals surface area contributed by atoms with Crippen LogP contribution in [0, 0.1) is 12.5 Å². The van der Waals surface area contributed by atoms with Crippen molar-refractivity contribution in [1.82, 2.24) is 4.90 Å². The van der Waals surface area contributed by atoms with Crippen LogP contribution in [0.2, 0.25) is 6.04 Å². The number of terminal acetylenes is 1. The average molecular weight is 372 g/mol. The molecule has 1 rings (SSSR count). The van der Waals surface area contributed by atoms with E-state index < -0.39 is 8.80 Å². The molecule has 5 nitrogen and oxygen atoms in total. The Morgan fingerprint density at radius 1 is 1.08 bits per heavy atom. The molecule has 1 aliphatic rings. The van der Waals surface area contributed by atoms with Crippen molar-refractivity contribution >= 4 is 8.80 Å². The summed E-state index contributed by atoms with van der Waals surface area (Å²) in [5, 5.41) is 0. The van der Waals surface area contributed by atoms with Crippen molar-refractivity contribution in [1.29, 1.82) is 0 Å².